The van der Waals surface area contributed by atoms with Crippen LogP contribution in [-0.4, -0.2) is 49.5 Å². The summed E-state index contributed by atoms with van der Waals surface area (Å²) in [5.74, 6) is 0.853. The van der Waals surface area contributed by atoms with Crippen LogP contribution in [0.15, 0.2) is 0 Å². The quantitative estimate of drug-likeness (QED) is 0.751. The van der Waals surface area contributed by atoms with Gasteiger partial charge in [0.05, 0.1) is 19.8 Å². The normalized spacial score (nSPS) is 23.6. The summed E-state index contributed by atoms with van der Waals surface area (Å²) in [7, 11) is 0. The van der Waals surface area contributed by atoms with Crippen molar-refractivity contribution in [3.63, 3.8) is 0 Å². The minimum Gasteiger partial charge on any atom is -0.394 e. The first-order chi connectivity index (χ1) is 8.04. The lowest BCUT2D eigenvalue weighted by molar-refractivity contribution is 0.0736. The average Bonchev–Trinajstić information content (AvgIpc) is 2.49. The van der Waals surface area contributed by atoms with Crippen molar-refractivity contribution in [3.8, 4) is 0 Å². The van der Waals surface area contributed by atoms with Crippen LogP contribution < -0.4 is 0 Å². The van der Waals surface area contributed by atoms with E-state index in [1.54, 1.807) is 0 Å². The zero-order valence-corrected chi connectivity index (χ0v) is 11.7. The van der Waals surface area contributed by atoms with Crippen LogP contribution in [0.2, 0.25) is 0 Å². The van der Waals surface area contributed by atoms with Gasteiger partial charge in [-0.2, -0.15) is 0 Å². The number of rotatable bonds is 5. The molecule has 0 amide bonds. The van der Waals surface area contributed by atoms with E-state index in [9.17, 15) is 0 Å². The van der Waals surface area contributed by atoms with E-state index < -0.39 is 0 Å². The summed E-state index contributed by atoms with van der Waals surface area (Å²) in [4.78, 5) is 2.50. The fourth-order valence-corrected chi connectivity index (χ4v) is 2.61. The highest BCUT2D eigenvalue weighted by molar-refractivity contribution is 4.78. The number of hydrogen-bond donors (Lipinski definition) is 1. The van der Waals surface area contributed by atoms with Gasteiger partial charge in [-0.3, -0.25) is 0 Å². The van der Waals surface area contributed by atoms with Crippen LogP contribution in [0, 0.1) is 11.3 Å². The Hall–Kier alpha value is -0.120. The molecule has 3 heteroatoms. The van der Waals surface area contributed by atoms with Crippen molar-refractivity contribution in [2.45, 2.75) is 40.0 Å². The number of ether oxygens (including phenoxy) is 1. The highest BCUT2D eigenvalue weighted by Gasteiger charge is 2.26. The topological polar surface area (TPSA) is 32.7 Å². The number of aliphatic hydroxyl groups is 1. The van der Waals surface area contributed by atoms with Gasteiger partial charge in [0.2, 0.25) is 0 Å². The van der Waals surface area contributed by atoms with Crippen LogP contribution in [0.3, 0.4) is 0 Å². The molecule has 1 atom stereocenters. The standard InChI is InChI=1S/C14H29NO2/c1-14(2,3)13-5-4-7-15(8-6-13)9-11-17-12-10-16/h13,16H,4-12H2,1-3H3. The van der Waals surface area contributed by atoms with E-state index >= 15 is 0 Å². The molecule has 1 aliphatic rings. The first kappa shape index (κ1) is 14.9. The molecular formula is C14H29NO2. The number of hydrogen-bond acceptors (Lipinski definition) is 3. The summed E-state index contributed by atoms with van der Waals surface area (Å²) in [6, 6.07) is 0. The van der Waals surface area contributed by atoms with E-state index in [4.69, 9.17) is 9.84 Å². The molecule has 1 saturated heterocycles. The lowest BCUT2D eigenvalue weighted by Gasteiger charge is -2.29. The molecule has 102 valence electrons. The van der Waals surface area contributed by atoms with Crippen molar-refractivity contribution < 1.29 is 9.84 Å². The van der Waals surface area contributed by atoms with Gasteiger partial charge in [-0.1, -0.05) is 20.8 Å². The van der Waals surface area contributed by atoms with Gasteiger partial charge >= 0.3 is 0 Å². The molecule has 1 fully saturated rings. The SMILES string of the molecule is CC(C)(C)C1CCCN(CCOCCO)CC1. The third-order valence-electron chi connectivity index (χ3n) is 3.83. The zero-order valence-electron chi connectivity index (χ0n) is 11.7. The van der Waals surface area contributed by atoms with Crippen LogP contribution in [0.4, 0.5) is 0 Å². The van der Waals surface area contributed by atoms with Gasteiger partial charge < -0.3 is 14.7 Å². The highest BCUT2D eigenvalue weighted by atomic mass is 16.5. The Labute approximate surface area is 106 Å². The maximum absolute atomic E-state index is 8.63. The second-order valence-corrected chi connectivity index (χ2v) is 6.17. The van der Waals surface area contributed by atoms with E-state index in [1.165, 1.54) is 32.4 Å². The number of likely N-dealkylation sites (tertiary alicyclic amines) is 1. The third kappa shape index (κ3) is 5.84. The van der Waals surface area contributed by atoms with Crippen LogP contribution in [-0.2, 0) is 4.74 Å². The van der Waals surface area contributed by atoms with Crippen LogP contribution in [0.5, 0.6) is 0 Å². The Morgan fingerprint density at radius 3 is 2.59 bits per heavy atom. The molecule has 17 heavy (non-hydrogen) atoms. The summed E-state index contributed by atoms with van der Waals surface area (Å²) in [6.45, 7) is 11.8. The Kier molecular flexibility index (Phi) is 6.45. The van der Waals surface area contributed by atoms with Gasteiger partial charge in [-0.25, -0.2) is 0 Å². The third-order valence-corrected chi connectivity index (χ3v) is 3.83. The van der Waals surface area contributed by atoms with Gasteiger partial charge in [0, 0.05) is 6.54 Å². The van der Waals surface area contributed by atoms with Crippen molar-refractivity contribution in [3.05, 3.63) is 0 Å². The predicted molar refractivity (Wildman–Crippen MR) is 71.1 cm³/mol. The second kappa shape index (κ2) is 7.34. The molecule has 0 aromatic carbocycles. The minimum absolute atomic E-state index is 0.131. The van der Waals surface area contributed by atoms with E-state index in [1.807, 2.05) is 0 Å². The fourth-order valence-electron chi connectivity index (χ4n) is 2.61. The zero-order chi connectivity index (χ0) is 12.7. The fraction of sp³-hybridized carbons (Fsp3) is 1.00. The monoisotopic (exact) mass is 243 g/mol. The molecule has 0 spiro atoms. The Morgan fingerprint density at radius 1 is 1.18 bits per heavy atom. The minimum atomic E-state index is 0.131. The van der Waals surface area contributed by atoms with Gasteiger partial charge in [0.25, 0.3) is 0 Å². The maximum Gasteiger partial charge on any atom is 0.0698 e. The average molecular weight is 243 g/mol. The van der Waals surface area contributed by atoms with E-state index in [0.29, 0.717) is 12.0 Å². The van der Waals surface area contributed by atoms with Crippen LogP contribution in [0.1, 0.15) is 40.0 Å². The molecule has 0 aromatic rings. The molecule has 3 nitrogen and oxygen atoms in total. The molecule has 0 bridgehead atoms. The molecule has 1 aliphatic heterocycles. The van der Waals surface area contributed by atoms with Gasteiger partial charge in [-0.15, -0.1) is 0 Å². The highest BCUT2D eigenvalue weighted by Crippen LogP contribution is 2.34. The summed E-state index contributed by atoms with van der Waals surface area (Å²) in [5, 5.41) is 8.63. The summed E-state index contributed by atoms with van der Waals surface area (Å²) >= 11 is 0. The van der Waals surface area contributed by atoms with Gasteiger partial charge in [0.15, 0.2) is 0 Å². The lowest BCUT2D eigenvalue weighted by atomic mass is 9.77. The van der Waals surface area contributed by atoms with Crippen molar-refractivity contribution in [1.82, 2.24) is 4.90 Å². The molecule has 1 rings (SSSR count). The number of nitrogens with zero attached hydrogens (tertiary/aromatic N) is 1. The summed E-state index contributed by atoms with van der Waals surface area (Å²) < 4.78 is 5.33. The molecule has 0 saturated carbocycles. The summed E-state index contributed by atoms with van der Waals surface area (Å²) in [6.07, 6.45) is 3.98. The van der Waals surface area contributed by atoms with Crippen molar-refractivity contribution in [2.75, 3.05) is 39.5 Å². The van der Waals surface area contributed by atoms with E-state index in [0.717, 1.165) is 19.1 Å². The molecule has 1 N–H and O–H groups in total. The van der Waals surface area contributed by atoms with Gasteiger partial charge in [-0.05, 0) is 43.7 Å². The van der Waals surface area contributed by atoms with E-state index in [2.05, 4.69) is 25.7 Å². The van der Waals surface area contributed by atoms with Crippen molar-refractivity contribution in [1.29, 1.82) is 0 Å². The van der Waals surface area contributed by atoms with Crippen molar-refractivity contribution >= 4 is 0 Å². The van der Waals surface area contributed by atoms with E-state index in [-0.39, 0.29) is 6.61 Å². The first-order valence-corrected chi connectivity index (χ1v) is 6.95. The summed E-state index contributed by atoms with van der Waals surface area (Å²) in [5.41, 5.74) is 0.448. The Morgan fingerprint density at radius 2 is 1.94 bits per heavy atom. The molecule has 1 heterocycles. The van der Waals surface area contributed by atoms with Crippen LogP contribution in [0.25, 0.3) is 0 Å². The molecular weight excluding hydrogens is 214 g/mol. The first-order valence-electron chi connectivity index (χ1n) is 6.95. The van der Waals surface area contributed by atoms with Crippen LogP contribution >= 0.6 is 0 Å². The smallest absolute Gasteiger partial charge is 0.0698 e. The second-order valence-electron chi connectivity index (χ2n) is 6.17. The van der Waals surface area contributed by atoms with Crippen molar-refractivity contribution in [2.24, 2.45) is 11.3 Å². The predicted octanol–water partition coefficient (Wildman–Crippen LogP) is 2.14. The largest absolute Gasteiger partial charge is 0.394 e. The molecule has 1 unspecified atom stereocenters. The number of aliphatic hydroxyl groups excluding tert-OH is 1. The molecule has 0 aromatic heterocycles. The maximum atomic E-state index is 8.63. The molecule has 0 radical (unpaired) electrons. The van der Waals surface area contributed by atoms with Gasteiger partial charge in [0.1, 0.15) is 0 Å². The lowest BCUT2D eigenvalue weighted by Crippen LogP contribution is -2.29. The Bertz CT molecular complexity index is 201. The Balaban J connectivity index is 2.23. The molecule has 0 aliphatic carbocycles.